The average molecular weight is 297 g/mol. The molecule has 0 saturated carbocycles. The molecule has 0 bridgehead atoms. The zero-order chi connectivity index (χ0) is 15.8. The molecule has 2 aromatic rings. The van der Waals surface area contributed by atoms with Crippen LogP contribution in [0.1, 0.15) is 12.0 Å². The Balaban J connectivity index is 1.71. The molecule has 0 unspecified atom stereocenters. The molecule has 2 rings (SSSR count). The number of carbonyl (C=O) groups excluding carboxylic acids is 2. The summed E-state index contributed by atoms with van der Waals surface area (Å²) < 4.78 is 0. The van der Waals surface area contributed by atoms with Crippen LogP contribution in [0.15, 0.2) is 54.6 Å². The molecular formula is C17H19N3O2. The lowest BCUT2D eigenvalue weighted by Gasteiger charge is -2.09. The molecule has 22 heavy (non-hydrogen) atoms. The van der Waals surface area contributed by atoms with Gasteiger partial charge >= 0.3 is 6.03 Å². The van der Waals surface area contributed by atoms with Gasteiger partial charge in [-0.15, -0.1) is 0 Å². The predicted molar refractivity (Wildman–Crippen MR) is 87.9 cm³/mol. The van der Waals surface area contributed by atoms with Crippen LogP contribution in [0.5, 0.6) is 0 Å². The number of benzene rings is 2. The quantitative estimate of drug-likeness (QED) is 0.793. The molecule has 0 fully saturated rings. The van der Waals surface area contributed by atoms with Crippen molar-refractivity contribution in [2.45, 2.75) is 13.3 Å². The van der Waals surface area contributed by atoms with Crippen LogP contribution >= 0.6 is 0 Å². The summed E-state index contributed by atoms with van der Waals surface area (Å²) in [5.41, 5.74) is 2.51. The number of para-hydroxylation sites is 2. The van der Waals surface area contributed by atoms with E-state index >= 15 is 0 Å². The maximum absolute atomic E-state index is 11.8. The molecule has 0 radical (unpaired) electrons. The van der Waals surface area contributed by atoms with E-state index in [9.17, 15) is 9.59 Å². The summed E-state index contributed by atoms with van der Waals surface area (Å²) in [6.45, 7) is 2.21. The van der Waals surface area contributed by atoms with Gasteiger partial charge in [-0.2, -0.15) is 0 Å². The van der Waals surface area contributed by atoms with E-state index in [0.29, 0.717) is 5.69 Å². The van der Waals surface area contributed by atoms with E-state index in [2.05, 4.69) is 16.0 Å². The topological polar surface area (TPSA) is 70.2 Å². The van der Waals surface area contributed by atoms with Crippen molar-refractivity contribution in [3.05, 3.63) is 60.2 Å². The average Bonchev–Trinajstić information content (AvgIpc) is 2.50. The van der Waals surface area contributed by atoms with Crippen LogP contribution in [0.3, 0.4) is 0 Å². The first-order valence-electron chi connectivity index (χ1n) is 7.10. The van der Waals surface area contributed by atoms with Gasteiger partial charge in [0.15, 0.2) is 0 Å². The lowest BCUT2D eigenvalue weighted by Crippen LogP contribution is -2.31. The number of amides is 3. The number of hydrogen-bond donors (Lipinski definition) is 3. The normalized spacial score (nSPS) is 9.86. The zero-order valence-electron chi connectivity index (χ0n) is 12.4. The Morgan fingerprint density at radius 2 is 1.59 bits per heavy atom. The van der Waals surface area contributed by atoms with Gasteiger partial charge in [0.05, 0.1) is 0 Å². The first-order valence-corrected chi connectivity index (χ1v) is 7.10. The third-order valence-corrected chi connectivity index (χ3v) is 3.09. The molecule has 3 amide bonds. The van der Waals surface area contributed by atoms with Crippen LogP contribution in [0.4, 0.5) is 16.2 Å². The molecule has 0 aliphatic heterocycles. The highest BCUT2D eigenvalue weighted by Crippen LogP contribution is 2.13. The van der Waals surface area contributed by atoms with E-state index in [4.69, 9.17) is 0 Å². The Morgan fingerprint density at radius 1 is 0.909 bits per heavy atom. The molecule has 3 N–H and O–H groups in total. The summed E-state index contributed by atoms with van der Waals surface area (Å²) in [4.78, 5) is 23.5. The second kappa shape index (κ2) is 7.83. The van der Waals surface area contributed by atoms with Crippen molar-refractivity contribution in [2.24, 2.45) is 0 Å². The monoisotopic (exact) mass is 297 g/mol. The third kappa shape index (κ3) is 4.94. The van der Waals surface area contributed by atoms with Gasteiger partial charge in [0.25, 0.3) is 0 Å². The number of carbonyl (C=O) groups is 2. The largest absolute Gasteiger partial charge is 0.337 e. The maximum atomic E-state index is 11.8. The zero-order valence-corrected chi connectivity index (χ0v) is 12.4. The number of rotatable bonds is 5. The minimum absolute atomic E-state index is 0.130. The highest BCUT2D eigenvalue weighted by molar-refractivity contribution is 5.92. The fraction of sp³-hybridized carbons (Fsp3) is 0.176. The van der Waals surface area contributed by atoms with E-state index in [0.717, 1.165) is 11.3 Å². The van der Waals surface area contributed by atoms with Gasteiger partial charge < -0.3 is 16.0 Å². The minimum Gasteiger partial charge on any atom is -0.337 e. The van der Waals surface area contributed by atoms with Crippen LogP contribution in [-0.4, -0.2) is 18.5 Å². The molecule has 0 aromatic heterocycles. The second-order valence-electron chi connectivity index (χ2n) is 4.86. The van der Waals surface area contributed by atoms with Crippen molar-refractivity contribution in [3.8, 4) is 0 Å². The summed E-state index contributed by atoms with van der Waals surface area (Å²) in [6, 6.07) is 16.4. The van der Waals surface area contributed by atoms with Crippen LogP contribution in [0.2, 0.25) is 0 Å². The molecule has 0 aliphatic rings. The lowest BCUT2D eigenvalue weighted by molar-refractivity contribution is -0.116. The van der Waals surface area contributed by atoms with E-state index in [1.54, 1.807) is 12.1 Å². The fourth-order valence-electron chi connectivity index (χ4n) is 1.91. The number of anilines is 2. The van der Waals surface area contributed by atoms with Gasteiger partial charge in [0.1, 0.15) is 0 Å². The summed E-state index contributed by atoms with van der Waals surface area (Å²) in [5, 5.41) is 8.17. The Kier molecular flexibility index (Phi) is 5.54. The smallest absolute Gasteiger partial charge is 0.319 e. The summed E-state index contributed by atoms with van der Waals surface area (Å²) in [5.74, 6) is -0.130. The summed E-state index contributed by atoms with van der Waals surface area (Å²) >= 11 is 0. The third-order valence-electron chi connectivity index (χ3n) is 3.09. The molecule has 5 nitrogen and oxygen atoms in total. The lowest BCUT2D eigenvalue weighted by atomic mass is 10.2. The van der Waals surface area contributed by atoms with Crippen LogP contribution in [0, 0.1) is 6.92 Å². The van der Waals surface area contributed by atoms with Gasteiger partial charge in [0.2, 0.25) is 5.91 Å². The van der Waals surface area contributed by atoms with E-state index in [1.807, 2.05) is 49.4 Å². The van der Waals surface area contributed by atoms with Crippen molar-refractivity contribution in [1.82, 2.24) is 5.32 Å². The van der Waals surface area contributed by atoms with Crippen molar-refractivity contribution in [3.63, 3.8) is 0 Å². The van der Waals surface area contributed by atoms with Crippen molar-refractivity contribution in [1.29, 1.82) is 0 Å². The Hall–Kier alpha value is -2.82. The molecular weight excluding hydrogens is 278 g/mol. The van der Waals surface area contributed by atoms with Crippen molar-refractivity contribution in [2.75, 3.05) is 17.2 Å². The van der Waals surface area contributed by atoms with Gasteiger partial charge in [-0.25, -0.2) is 4.79 Å². The van der Waals surface area contributed by atoms with Crippen LogP contribution < -0.4 is 16.0 Å². The molecule has 5 heteroatoms. The van der Waals surface area contributed by atoms with Gasteiger partial charge in [-0.1, -0.05) is 36.4 Å². The van der Waals surface area contributed by atoms with E-state index < -0.39 is 0 Å². The predicted octanol–water partition coefficient (Wildman–Crippen LogP) is 3.15. The number of nitrogens with one attached hydrogen (secondary N) is 3. The Labute approximate surface area is 129 Å². The molecule has 0 spiro atoms. The van der Waals surface area contributed by atoms with E-state index in [1.165, 1.54) is 0 Å². The number of urea groups is 1. The van der Waals surface area contributed by atoms with Gasteiger partial charge in [-0.05, 0) is 30.7 Å². The number of aryl methyl sites for hydroxylation is 1. The summed E-state index contributed by atoms with van der Waals surface area (Å²) in [7, 11) is 0. The molecule has 0 aliphatic carbocycles. The standard InChI is InChI=1S/C17H19N3O2/c1-13-7-5-6-10-15(13)20-16(21)11-12-18-17(22)19-14-8-3-2-4-9-14/h2-10H,11-12H2,1H3,(H,20,21)(H2,18,19,22). The second-order valence-corrected chi connectivity index (χ2v) is 4.86. The molecule has 0 saturated heterocycles. The van der Waals surface area contributed by atoms with Crippen LogP contribution in [-0.2, 0) is 4.79 Å². The summed E-state index contributed by atoms with van der Waals surface area (Å²) in [6.07, 6.45) is 0.219. The SMILES string of the molecule is Cc1ccccc1NC(=O)CCNC(=O)Nc1ccccc1. The fourth-order valence-corrected chi connectivity index (χ4v) is 1.91. The highest BCUT2D eigenvalue weighted by Gasteiger charge is 2.06. The first kappa shape index (κ1) is 15.6. The Bertz CT molecular complexity index is 641. The first-order chi connectivity index (χ1) is 10.6. The van der Waals surface area contributed by atoms with Gasteiger partial charge in [-0.3, -0.25) is 4.79 Å². The minimum atomic E-state index is -0.324. The van der Waals surface area contributed by atoms with Gasteiger partial charge in [0, 0.05) is 24.3 Å². The maximum Gasteiger partial charge on any atom is 0.319 e. The molecule has 0 atom stereocenters. The molecule has 114 valence electrons. The van der Waals surface area contributed by atoms with Crippen molar-refractivity contribution >= 4 is 23.3 Å². The number of hydrogen-bond acceptors (Lipinski definition) is 2. The van der Waals surface area contributed by atoms with Crippen molar-refractivity contribution < 1.29 is 9.59 Å². The molecule has 2 aromatic carbocycles. The molecule has 0 heterocycles. The van der Waals surface area contributed by atoms with Crippen LogP contribution in [0.25, 0.3) is 0 Å². The Morgan fingerprint density at radius 3 is 2.32 bits per heavy atom. The van der Waals surface area contributed by atoms with E-state index in [-0.39, 0.29) is 24.9 Å². The highest BCUT2D eigenvalue weighted by atomic mass is 16.2.